The van der Waals surface area contributed by atoms with Crippen LogP contribution >= 0.6 is 0 Å². The first kappa shape index (κ1) is 16.2. The number of carbonyl (C=O) groups is 1. The number of carbonyl (C=O) groups excluding carboxylic acids is 1. The minimum atomic E-state index is -0.570. The third kappa shape index (κ3) is 3.04. The van der Waals surface area contributed by atoms with Gasteiger partial charge in [0, 0.05) is 11.5 Å². The number of benzene rings is 2. The monoisotopic (exact) mass is 326 g/mol. The average molecular weight is 326 g/mol. The fourth-order valence-electron chi connectivity index (χ4n) is 3.21. The van der Waals surface area contributed by atoms with Crippen LogP contribution < -0.4 is 0 Å². The number of hydrogen-bond acceptors (Lipinski definition) is 3. The van der Waals surface area contributed by atoms with Gasteiger partial charge in [-0.05, 0) is 43.0 Å². The highest BCUT2D eigenvalue weighted by molar-refractivity contribution is 5.97. The molecule has 3 nitrogen and oxygen atoms in total. The maximum Gasteiger partial charge on any atom is 0.337 e. The Kier molecular flexibility index (Phi) is 4.38. The Morgan fingerprint density at radius 1 is 1.25 bits per heavy atom. The number of aryl methyl sites for hydroxylation is 1. The number of esters is 1. The summed E-state index contributed by atoms with van der Waals surface area (Å²) in [5, 5.41) is 10.6. The third-order valence-corrected chi connectivity index (χ3v) is 4.46. The molecule has 0 radical (unpaired) electrons. The van der Waals surface area contributed by atoms with Gasteiger partial charge in [-0.25, -0.2) is 9.18 Å². The number of fused-ring (bicyclic) bond motifs is 1. The van der Waals surface area contributed by atoms with Crippen molar-refractivity contribution in [3.8, 4) is 0 Å². The molecular formula is C20H19FO3. The number of halogens is 1. The number of ether oxygens (including phenoxy) is 1. The van der Waals surface area contributed by atoms with Crippen LogP contribution in [-0.2, 0) is 22.4 Å². The molecule has 3 rings (SSSR count). The van der Waals surface area contributed by atoms with Crippen LogP contribution in [0.4, 0.5) is 4.39 Å². The average Bonchev–Trinajstić information content (AvgIpc) is 2.57. The second-order valence-electron chi connectivity index (χ2n) is 6.15. The van der Waals surface area contributed by atoms with E-state index in [1.54, 1.807) is 6.07 Å². The standard InChI is InChI=1S/C20H19FO3/c1-12-3-5-13(6-4-12)9-15-10-14-7-8-16(21)11-17(14)19(22)18(15)20(23)24-2/h3-8,11,15,22H,9-10H2,1-2H3. The fourth-order valence-corrected chi connectivity index (χ4v) is 3.21. The molecule has 1 atom stereocenters. The molecule has 0 spiro atoms. The van der Waals surface area contributed by atoms with E-state index in [-0.39, 0.29) is 17.3 Å². The molecule has 0 fully saturated rings. The van der Waals surface area contributed by atoms with Crippen molar-refractivity contribution >= 4 is 11.7 Å². The Morgan fingerprint density at radius 2 is 1.96 bits per heavy atom. The number of aliphatic hydroxyl groups excluding tert-OH is 1. The SMILES string of the molecule is COC(=O)C1=C(O)c2cc(F)ccc2CC1Cc1ccc(C)cc1. The second kappa shape index (κ2) is 6.48. The van der Waals surface area contributed by atoms with Gasteiger partial charge in [0.25, 0.3) is 0 Å². The minimum absolute atomic E-state index is 0.181. The molecule has 0 saturated heterocycles. The first-order valence-corrected chi connectivity index (χ1v) is 7.85. The highest BCUT2D eigenvalue weighted by Gasteiger charge is 2.32. The van der Waals surface area contributed by atoms with Crippen molar-refractivity contribution in [1.29, 1.82) is 0 Å². The van der Waals surface area contributed by atoms with E-state index >= 15 is 0 Å². The van der Waals surface area contributed by atoms with Crippen LogP contribution in [0.25, 0.3) is 5.76 Å². The van der Waals surface area contributed by atoms with Gasteiger partial charge in [-0.1, -0.05) is 35.9 Å². The topological polar surface area (TPSA) is 46.5 Å². The summed E-state index contributed by atoms with van der Waals surface area (Å²) < 4.78 is 18.4. The normalized spacial score (nSPS) is 16.7. The molecule has 0 aliphatic heterocycles. The summed E-state index contributed by atoms with van der Waals surface area (Å²) in [5.41, 5.74) is 3.66. The second-order valence-corrected chi connectivity index (χ2v) is 6.15. The first-order chi connectivity index (χ1) is 11.5. The van der Waals surface area contributed by atoms with E-state index in [2.05, 4.69) is 0 Å². The number of hydrogen-bond donors (Lipinski definition) is 1. The van der Waals surface area contributed by atoms with Gasteiger partial charge in [-0.3, -0.25) is 0 Å². The van der Waals surface area contributed by atoms with E-state index in [1.807, 2.05) is 31.2 Å². The molecule has 2 aromatic rings. The lowest BCUT2D eigenvalue weighted by Gasteiger charge is -2.27. The molecule has 0 heterocycles. The van der Waals surface area contributed by atoms with Crippen LogP contribution in [0.3, 0.4) is 0 Å². The van der Waals surface area contributed by atoms with Crippen LogP contribution in [0.15, 0.2) is 48.0 Å². The summed E-state index contributed by atoms with van der Waals surface area (Å²) in [6.07, 6.45) is 1.16. The Morgan fingerprint density at radius 3 is 2.62 bits per heavy atom. The van der Waals surface area contributed by atoms with E-state index in [0.717, 1.165) is 16.7 Å². The Labute approximate surface area is 140 Å². The van der Waals surface area contributed by atoms with E-state index in [4.69, 9.17) is 4.74 Å². The molecule has 2 aromatic carbocycles. The van der Waals surface area contributed by atoms with Crippen molar-refractivity contribution in [2.24, 2.45) is 5.92 Å². The maximum absolute atomic E-state index is 13.5. The molecule has 24 heavy (non-hydrogen) atoms. The molecule has 124 valence electrons. The highest BCUT2D eigenvalue weighted by atomic mass is 19.1. The van der Waals surface area contributed by atoms with Gasteiger partial charge in [-0.2, -0.15) is 0 Å². The van der Waals surface area contributed by atoms with Gasteiger partial charge in [0.05, 0.1) is 12.7 Å². The minimum Gasteiger partial charge on any atom is -0.507 e. The molecule has 0 amide bonds. The van der Waals surface area contributed by atoms with E-state index in [0.29, 0.717) is 18.4 Å². The molecule has 0 saturated carbocycles. The van der Waals surface area contributed by atoms with E-state index in [1.165, 1.54) is 19.2 Å². The summed E-state index contributed by atoms with van der Waals surface area (Å²) in [7, 11) is 1.28. The largest absolute Gasteiger partial charge is 0.507 e. The van der Waals surface area contributed by atoms with E-state index in [9.17, 15) is 14.3 Å². The van der Waals surface area contributed by atoms with Crippen molar-refractivity contribution in [2.75, 3.05) is 7.11 Å². The van der Waals surface area contributed by atoms with Crippen molar-refractivity contribution in [3.05, 3.63) is 76.1 Å². The lowest BCUT2D eigenvalue weighted by Crippen LogP contribution is -2.25. The summed E-state index contributed by atoms with van der Waals surface area (Å²) in [4.78, 5) is 12.2. The zero-order valence-electron chi connectivity index (χ0n) is 13.7. The van der Waals surface area contributed by atoms with Gasteiger partial charge < -0.3 is 9.84 Å². The van der Waals surface area contributed by atoms with E-state index < -0.39 is 11.8 Å². The lowest BCUT2D eigenvalue weighted by atomic mass is 9.79. The molecule has 0 aromatic heterocycles. The Hall–Kier alpha value is -2.62. The van der Waals surface area contributed by atoms with Gasteiger partial charge in [-0.15, -0.1) is 0 Å². The van der Waals surface area contributed by atoms with Crippen molar-refractivity contribution < 1.29 is 19.0 Å². The highest BCUT2D eigenvalue weighted by Crippen LogP contribution is 2.36. The summed E-state index contributed by atoms with van der Waals surface area (Å²) in [6.45, 7) is 2.01. The van der Waals surface area contributed by atoms with Gasteiger partial charge in [0.1, 0.15) is 11.6 Å². The third-order valence-electron chi connectivity index (χ3n) is 4.46. The predicted octanol–water partition coefficient (Wildman–Crippen LogP) is 3.99. The predicted molar refractivity (Wildman–Crippen MR) is 90.0 cm³/mol. The number of rotatable bonds is 3. The van der Waals surface area contributed by atoms with Crippen molar-refractivity contribution in [3.63, 3.8) is 0 Å². The summed E-state index contributed by atoms with van der Waals surface area (Å²) in [6, 6.07) is 12.4. The molecule has 1 aliphatic rings. The fraction of sp³-hybridized carbons (Fsp3) is 0.250. The Bertz CT molecular complexity index is 806. The summed E-state index contributed by atoms with van der Waals surface area (Å²) >= 11 is 0. The molecule has 0 bridgehead atoms. The van der Waals surface area contributed by atoms with Crippen LogP contribution in [-0.4, -0.2) is 18.2 Å². The number of methoxy groups -OCH3 is 1. The van der Waals surface area contributed by atoms with Crippen LogP contribution in [0.1, 0.15) is 22.3 Å². The Balaban J connectivity index is 2.02. The van der Waals surface area contributed by atoms with Gasteiger partial charge >= 0.3 is 5.97 Å². The molecule has 1 N–H and O–H groups in total. The van der Waals surface area contributed by atoms with Crippen LogP contribution in [0.5, 0.6) is 0 Å². The lowest BCUT2D eigenvalue weighted by molar-refractivity contribution is -0.136. The number of aliphatic hydroxyl groups is 1. The smallest absolute Gasteiger partial charge is 0.337 e. The summed E-state index contributed by atoms with van der Waals surface area (Å²) in [5.74, 6) is -1.40. The van der Waals surface area contributed by atoms with Gasteiger partial charge in [0.2, 0.25) is 0 Å². The first-order valence-electron chi connectivity index (χ1n) is 7.85. The van der Waals surface area contributed by atoms with Crippen molar-refractivity contribution in [2.45, 2.75) is 19.8 Å². The van der Waals surface area contributed by atoms with Crippen LogP contribution in [0, 0.1) is 18.7 Å². The zero-order chi connectivity index (χ0) is 17.3. The zero-order valence-corrected chi connectivity index (χ0v) is 13.7. The quantitative estimate of drug-likeness (QED) is 0.868. The molecular weight excluding hydrogens is 307 g/mol. The van der Waals surface area contributed by atoms with Crippen molar-refractivity contribution in [1.82, 2.24) is 0 Å². The van der Waals surface area contributed by atoms with Gasteiger partial charge in [0.15, 0.2) is 0 Å². The molecule has 1 unspecified atom stereocenters. The maximum atomic E-state index is 13.5. The molecule has 4 heteroatoms. The van der Waals surface area contributed by atoms with Crippen LogP contribution in [0.2, 0.25) is 0 Å². The molecule has 1 aliphatic carbocycles.